The highest BCUT2D eigenvalue weighted by atomic mass is 35.5. The summed E-state index contributed by atoms with van der Waals surface area (Å²) in [5, 5.41) is 3.64. The van der Waals surface area contributed by atoms with Crippen LogP contribution in [0.5, 0.6) is 0 Å². The van der Waals surface area contributed by atoms with Crippen LogP contribution in [0.2, 0.25) is 10.0 Å². The van der Waals surface area contributed by atoms with Crippen LogP contribution in [0.25, 0.3) is 6.08 Å². The van der Waals surface area contributed by atoms with E-state index in [1.54, 1.807) is 48.5 Å². The minimum absolute atomic E-state index is 0.0221. The molecule has 0 saturated heterocycles. The number of amides is 1. The smallest absolute Gasteiger partial charge is 0.248 e. The highest BCUT2D eigenvalue weighted by molar-refractivity contribution is 6.37. The molecule has 0 aliphatic heterocycles. The Morgan fingerprint density at radius 1 is 1.00 bits per heavy atom. The molecule has 0 aliphatic carbocycles. The average Bonchev–Trinajstić information content (AvgIpc) is 2.47. The van der Waals surface area contributed by atoms with E-state index in [1.165, 1.54) is 13.0 Å². The molecule has 0 radical (unpaired) electrons. The molecular formula is C17H13Cl2NO2. The van der Waals surface area contributed by atoms with Gasteiger partial charge in [0.25, 0.3) is 0 Å². The van der Waals surface area contributed by atoms with Gasteiger partial charge in [-0.1, -0.05) is 29.3 Å². The lowest BCUT2D eigenvalue weighted by atomic mass is 10.1. The summed E-state index contributed by atoms with van der Waals surface area (Å²) in [4.78, 5) is 23.1. The van der Waals surface area contributed by atoms with E-state index in [0.29, 0.717) is 26.9 Å². The Kier molecular flexibility index (Phi) is 5.36. The first-order valence-electron chi connectivity index (χ1n) is 6.51. The van der Waals surface area contributed by atoms with E-state index >= 15 is 0 Å². The molecule has 22 heavy (non-hydrogen) atoms. The number of rotatable bonds is 4. The van der Waals surface area contributed by atoms with Crippen LogP contribution in [0.15, 0.2) is 48.5 Å². The van der Waals surface area contributed by atoms with E-state index in [0.717, 1.165) is 0 Å². The van der Waals surface area contributed by atoms with Crippen LogP contribution in [0.3, 0.4) is 0 Å². The van der Waals surface area contributed by atoms with Gasteiger partial charge in [-0.3, -0.25) is 9.59 Å². The summed E-state index contributed by atoms with van der Waals surface area (Å²) in [6.07, 6.45) is 2.91. The molecule has 0 aromatic heterocycles. The summed E-state index contributed by atoms with van der Waals surface area (Å²) in [7, 11) is 0. The summed E-state index contributed by atoms with van der Waals surface area (Å²) in [6.45, 7) is 1.49. The maximum Gasteiger partial charge on any atom is 0.248 e. The molecule has 0 bridgehead atoms. The predicted molar refractivity (Wildman–Crippen MR) is 90.6 cm³/mol. The van der Waals surface area contributed by atoms with E-state index in [4.69, 9.17) is 23.2 Å². The van der Waals surface area contributed by atoms with Gasteiger partial charge in [0.1, 0.15) is 0 Å². The zero-order valence-corrected chi connectivity index (χ0v) is 13.3. The Labute approximate surface area is 138 Å². The molecule has 2 rings (SSSR count). The molecule has 3 nitrogen and oxygen atoms in total. The first-order chi connectivity index (χ1) is 10.5. The van der Waals surface area contributed by atoms with Gasteiger partial charge in [0, 0.05) is 32.9 Å². The number of anilines is 1. The van der Waals surface area contributed by atoms with Crippen LogP contribution < -0.4 is 5.32 Å². The monoisotopic (exact) mass is 333 g/mol. The number of benzene rings is 2. The van der Waals surface area contributed by atoms with Gasteiger partial charge >= 0.3 is 0 Å². The number of carbonyl (C=O) groups is 2. The minimum Gasteiger partial charge on any atom is -0.323 e. The number of carbonyl (C=O) groups excluding carboxylic acids is 2. The third-order valence-corrected chi connectivity index (χ3v) is 3.62. The first-order valence-corrected chi connectivity index (χ1v) is 7.27. The van der Waals surface area contributed by atoms with Crippen molar-refractivity contribution >= 4 is 46.7 Å². The number of hydrogen-bond donors (Lipinski definition) is 1. The Balaban J connectivity index is 2.06. The molecule has 0 saturated carbocycles. The van der Waals surface area contributed by atoms with Gasteiger partial charge in [-0.2, -0.15) is 0 Å². The zero-order chi connectivity index (χ0) is 16.1. The summed E-state index contributed by atoms with van der Waals surface area (Å²) in [5.74, 6) is -0.335. The van der Waals surface area contributed by atoms with Gasteiger partial charge in [0.2, 0.25) is 5.91 Å². The van der Waals surface area contributed by atoms with Crippen molar-refractivity contribution in [3.8, 4) is 0 Å². The third kappa shape index (κ3) is 4.20. The van der Waals surface area contributed by atoms with Gasteiger partial charge in [0.15, 0.2) is 5.78 Å². The molecule has 0 atom stereocenters. The molecule has 5 heteroatoms. The van der Waals surface area contributed by atoms with Gasteiger partial charge in [-0.05, 0) is 49.4 Å². The van der Waals surface area contributed by atoms with Gasteiger partial charge in [-0.25, -0.2) is 0 Å². The summed E-state index contributed by atoms with van der Waals surface area (Å²) >= 11 is 12.0. The minimum atomic E-state index is -0.313. The largest absolute Gasteiger partial charge is 0.323 e. The Hall–Kier alpha value is -2.10. The molecule has 0 aliphatic rings. The topological polar surface area (TPSA) is 46.2 Å². The normalized spacial score (nSPS) is 10.7. The highest BCUT2D eigenvalue weighted by Crippen LogP contribution is 2.25. The Morgan fingerprint density at radius 2 is 1.59 bits per heavy atom. The van der Waals surface area contributed by atoms with Gasteiger partial charge in [-0.15, -0.1) is 0 Å². The van der Waals surface area contributed by atoms with Crippen molar-refractivity contribution in [3.05, 3.63) is 69.7 Å². The highest BCUT2D eigenvalue weighted by Gasteiger charge is 2.04. The molecule has 0 unspecified atom stereocenters. The van der Waals surface area contributed by atoms with Crippen LogP contribution in [0, 0.1) is 0 Å². The van der Waals surface area contributed by atoms with Crippen LogP contribution in [0.1, 0.15) is 22.8 Å². The van der Waals surface area contributed by atoms with Crippen molar-refractivity contribution < 1.29 is 9.59 Å². The number of nitrogens with one attached hydrogen (secondary N) is 1. The molecular weight excluding hydrogens is 321 g/mol. The molecule has 112 valence electrons. The SMILES string of the molecule is CC(=O)c1ccc(NC(=O)/C=C/c2c(Cl)cccc2Cl)cc1. The van der Waals surface area contributed by atoms with Gasteiger partial charge in [0.05, 0.1) is 0 Å². The summed E-state index contributed by atoms with van der Waals surface area (Å²) < 4.78 is 0. The van der Waals surface area contributed by atoms with Crippen molar-refractivity contribution in [2.45, 2.75) is 6.92 Å². The quantitative estimate of drug-likeness (QED) is 0.642. The lowest BCUT2D eigenvalue weighted by Crippen LogP contribution is -2.07. The van der Waals surface area contributed by atoms with Crippen molar-refractivity contribution in [1.29, 1.82) is 0 Å². The maximum absolute atomic E-state index is 11.9. The van der Waals surface area contributed by atoms with E-state index < -0.39 is 0 Å². The first kappa shape index (κ1) is 16.3. The lowest BCUT2D eigenvalue weighted by Gasteiger charge is -2.04. The second-order valence-corrected chi connectivity index (χ2v) is 5.41. The van der Waals surface area contributed by atoms with E-state index in [9.17, 15) is 9.59 Å². The predicted octanol–water partition coefficient (Wildman–Crippen LogP) is 4.85. The summed E-state index contributed by atoms with van der Waals surface area (Å²) in [6, 6.07) is 11.8. The van der Waals surface area contributed by atoms with Crippen molar-refractivity contribution in [3.63, 3.8) is 0 Å². The number of hydrogen-bond acceptors (Lipinski definition) is 2. The fraction of sp³-hybridized carbons (Fsp3) is 0.0588. The van der Waals surface area contributed by atoms with Crippen LogP contribution in [-0.2, 0) is 4.79 Å². The van der Waals surface area contributed by atoms with Crippen LogP contribution in [-0.4, -0.2) is 11.7 Å². The standard InChI is InChI=1S/C17H13Cl2NO2/c1-11(21)12-5-7-13(8-6-12)20-17(22)10-9-14-15(18)3-2-4-16(14)19/h2-10H,1H3,(H,20,22)/b10-9+. The van der Waals surface area contributed by atoms with E-state index in [1.807, 2.05) is 0 Å². The van der Waals surface area contributed by atoms with Crippen molar-refractivity contribution in [2.75, 3.05) is 5.32 Å². The summed E-state index contributed by atoms with van der Waals surface area (Å²) in [5.41, 5.74) is 1.79. The Bertz CT molecular complexity index is 717. The fourth-order valence-corrected chi connectivity index (χ4v) is 2.32. The average molecular weight is 334 g/mol. The maximum atomic E-state index is 11.9. The fourth-order valence-electron chi connectivity index (χ4n) is 1.80. The van der Waals surface area contributed by atoms with Gasteiger partial charge < -0.3 is 5.32 Å². The van der Waals surface area contributed by atoms with E-state index in [-0.39, 0.29) is 11.7 Å². The number of halogens is 2. The molecule has 1 amide bonds. The zero-order valence-electron chi connectivity index (χ0n) is 11.8. The Morgan fingerprint density at radius 3 is 2.14 bits per heavy atom. The van der Waals surface area contributed by atoms with Crippen LogP contribution >= 0.6 is 23.2 Å². The van der Waals surface area contributed by atoms with Crippen molar-refractivity contribution in [2.24, 2.45) is 0 Å². The second-order valence-electron chi connectivity index (χ2n) is 4.59. The number of Topliss-reactive ketones (excluding diaryl/α,β-unsaturated/α-hetero) is 1. The lowest BCUT2D eigenvalue weighted by molar-refractivity contribution is -0.111. The third-order valence-electron chi connectivity index (χ3n) is 2.96. The number of ketones is 1. The van der Waals surface area contributed by atoms with E-state index in [2.05, 4.69) is 5.32 Å². The molecule has 0 spiro atoms. The second kappa shape index (κ2) is 7.25. The van der Waals surface area contributed by atoms with Crippen LogP contribution in [0.4, 0.5) is 5.69 Å². The molecule has 2 aromatic carbocycles. The molecule has 0 heterocycles. The molecule has 0 fully saturated rings. The molecule has 2 aromatic rings. The molecule has 1 N–H and O–H groups in total. The van der Waals surface area contributed by atoms with Crippen molar-refractivity contribution in [1.82, 2.24) is 0 Å².